The first-order valence-corrected chi connectivity index (χ1v) is 5.69. The van der Waals surface area contributed by atoms with Gasteiger partial charge in [-0.3, -0.25) is 0 Å². The van der Waals surface area contributed by atoms with Crippen LogP contribution in [0.2, 0.25) is 0 Å². The molecule has 3 nitrogen and oxygen atoms in total. The molecule has 3 heteroatoms. The normalized spacial score (nSPS) is 23.8. The van der Waals surface area contributed by atoms with Crippen LogP contribution in [0.25, 0.3) is 0 Å². The van der Waals surface area contributed by atoms with E-state index >= 15 is 0 Å². The maximum absolute atomic E-state index is 6.17. The monoisotopic (exact) mass is 221 g/mol. The standard InChI is InChI=1S/C13H19NO2/c1-8-4-5-9(14)13-11(16-3)7-6-10(15-2)12(8)13/h6-9H,4-5,14H2,1-3H3. The van der Waals surface area contributed by atoms with Crippen LogP contribution in [-0.4, -0.2) is 14.2 Å². The molecule has 0 amide bonds. The van der Waals surface area contributed by atoms with Crippen LogP contribution in [0.15, 0.2) is 12.1 Å². The van der Waals surface area contributed by atoms with E-state index in [1.165, 1.54) is 5.56 Å². The highest BCUT2D eigenvalue weighted by molar-refractivity contribution is 5.53. The summed E-state index contributed by atoms with van der Waals surface area (Å²) in [5.41, 5.74) is 8.52. The first kappa shape index (κ1) is 11.3. The Morgan fingerprint density at radius 1 is 1.06 bits per heavy atom. The molecule has 0 aliphatic heterocycles. The first-order chi connectivity index (χ1) is 7.69. The Hall–Kier alpha value is -1.22. The average Bonchev–Trinajstić information content (AvgIpc) is 2.32. The largest absolute Gasteiger partial charge is 0.496 e. The van der Waals surface area contributed by atoms with Crippen molar-refractivity contribution in [3.05, 3.63) is 23.3 Å². The van der Waals surface area contributed by atoms with E-state index in [1.54, 1.807) is 14.2 Å². The minimum absolute atomic E-state index is 0.0660. The Morgan fingerprint density at radius 3 is 2.19 bits per heavy atom. The molecule has 1 aliphatic carbocycles. The molecule has 0 bridgehead atoms. The Labute approximate surface area is 96.5 Å². The summed E-state index contributed by atoms with van der Waals surface area (Å²) in [5, 5.41) is 0. The maximum atomic E-state index is 6.17. The van der Waals surface area contributed by atoms with Crippen LogP contribution in [0, 0.1) is 0 Å². The van der Waals surface area contributed by atoms with E-state index in [9.17, 15) is 0 Å². The number of methoxy groups -OCH3 is 2. The summed E-state index contributed by atoms with van der Waals surface area (Å²) in [4.78, 5) is 0. The molecule has 0 saturated carbocycles. The lowest BCUT2D eigenvalue weighted by Gasteiger charge is -2.30. The predicted octanol–water partition coefficient (Wildman–Crippen LogP) is 2.60. The van der Waals surface area contributed by atoms with Gasteiger partial charge in [0.25, 0.3) is 0 Å². The lowest BCUT2D eigenvalue weighted by molar-refractivity contribution is 0.373. The molecule has 88 valence electrons. The zero-order chi connectivity index (χ0) is 11.7. The number of hydrogen-bond donors (Lipinski definition) is 1. The molecule has 2 atom stereocenters. The molecule has 0 saturated heterocycles. The van der Waals surface area contributed by atoms with Gasteiger partial charge in [-0.25, -0.2) is 0 Å². The molecular formula is C13H19NO2. The van der Waals surface area contributed by atoms with E-state index in [-0.39, 0.29) is 6.04 Å². The molecule has 0 aromatic heterocycles. The quantitative estimate of drug-likeness (QED) is 0.834. The smallest absolute Gasteiger partial charge is 0.124 e. The van der Waals surface area contributed by atoms with Gasteiger partial charge < -0.3 is 15.2 Å². The minimum Gasteiger partial charge on any atom is -0.496 e. The molecule has 0 radical (unpaired) electrons. The summed E-state index contributed by atoms with van der Waals surface area (Å²) >= 11 is 0. The van der Waals surface area contributed by atoms with Crippen molar-refractivity contribution in [1.29, 1.82) is 0 Å². The summed E-state index contributed by atoms with van der Waals surface area (Å²) in [6.45, 7) is 2.21. The highest BCUT2D eigenvalue weighted by atomic mass is 16.5. The fraction of sp³-hybridized carbons (Fsp3) is 0.538. The second-order valence-corrected chi connectivity index (χ2v) is 4.38. The Bertz CT molecular complexity index is 353. The van der Waals surface area contributed by atoms with Gasteiger partial charge in [0.1, 0.15) is 11.5 Å². The van der Waals surface area contributed by atoms with Crippen molar-refractivity contribution < 1.29 is 9.47 Å². The molecule has 2 unspecified atom stereocenters. The Kier molecular flexibility index (Phi) is 3.06. The van der Waals surface area contributed by atoms with Gasteiger partial charge in [0.15, 0.2) is 0 Å². The first-order valence-electron chi connectivity index (χ1n) is 5.69. The molecule has 2 rings (SSSR count). The zero-order valence-electron chi connectivity index (χ0n) is 10.1. The molecule has 1 aromatic carbocycles. The van der Waals surface area contributed by atoms with Gasteiger partial charge in [-0.05, 0) is 30.9 Å². The van der Waals surface area contributed by atoms with Crippen LogP contribution in [0.4, 0.5) is 0 Å². The second-order valence-electron chi connectivity index (χ2n) is 4.38. The van der Waals surface area contributed by atoms with Crippen LogP contribution < -0.4 is 15.2 Å². The molecule has 16 heavy (non-hydrogen) atoms. The van der Waals surface area contributed by atoms with Crippen molar-refractivity contribution in [2.24, 2.45) is 5.73 Å². The van der Waals surface area contributed by atoms with E-state index in [2.05, 4.69) is 6.92 Å². The number of rotatable bonds is 2. The average molecular weight is 221 g/mol. The molecule has 2 N–H and O–H groups in total. The van der Waals surface area contributed by atoms with E-state index in [0.717, 1.165) is 29.9 Å². The van der Waals surface area contributed by atoms with Crippen molar-refractivity contribution in [1.82, 2.24) is 0 Å². The lowest BCUT2D eigenvalue weighted by Crippen LogP contribution is -2.21. The highest BCUT2D eigenvalue weighted by Gasteiger charge is 2.28. The molecular weight excluding hydrogens is 202 g/mol. The van der Waals surface area contributed by atoms with E-state index in [0.29, 0.717) is 5.92 Å². The summed E-state index contributed by atoms with van der Waals surface area (Å²) in [6, 6.07) is 3.97. The van der Waals surface area contributed by atoms with E-state index in [1.807, 2.05) is 12.1 Å². The van der Waals surface area contributed by atoms with Gasteiger partial charge in [-0.1, -0.05) is 6.92 Å². The van der Waals surface area contributed by atoms with Crippen molar-refractivity contribution in [3.8, 4) is 11.5 Å². The van der Waals surface area contributed by atoms with Gasteiger partial charge in [0, 0.05) is 17.2 Å². The third-order valence-electron chi connectivity index (χ3n) is 3.42. The molecule has 0 heterocycles. The zero-order valence-corrected chi connectivity index (χ0v) is 10.1. The predicted molar refractivity (Wildman–Crippen MR) is 64.1 cm³/mol. The van der Waals surface area contributed by atoms with Crippen LogP contribution in [0.1, 0.15) is 42.9 Å². The third-order valence-corrected chi connectivity index (χ3v) is 3.42. The maximum Gasteiger partial charge on any atom is 0.124 e. The van der Waals surface area contributed by atoms with Gasteiger partial charge in [0.2, 0.25) is 0 Å². The molecule has 1 aliphatic rings. The van der Waals surface area contributed by atoms with Gasteiger partial charge in [-0.2, -0.15) is 0 Å². The lowest BCUT2D eigenvalue weighted by atomic mass is 9.80. The number of hydrogen-bond acceptors (Lipinski definition) is 3. The van der Waals surface area contributed by atoms with Crippen molar-refractivity contribution in [2.75, 3.05) is 14.2 Å². The van der Waals surface area contributed by atoms with Gasteiger partial charge in [0.05, 0.1) is 14.2 Å². The van der Waals surface area contributed by atoms with Crippen molar-refractivity contribution >= 4 is 0 Å². The number of benzene rings is 1. The summed E-state index contributed by atoms with van der Waals surface area (Å²) in [7, 11) is 3.39. The van der Waals surface area contributed by atoms with Gasteiger partial charge in [-0.15, -0.1) is 0 Å². The topological polar surface area (TPSA) is 44.5 Å². The van der Waals surface area contributed by atoms with Crippen LogP contribution in [-0.2, 0) is 0 Å². The second kappa shape index (κ2) is 4.34. The number of fused-ring (bicyclic) bond motifs is 1. The van der Waals surface area contributed by atoms with Gasteiger partial charge >= 0.3 is 0 Å². The Morgan fingerprint density at radius 2 is 1.62 bits per heavy atom. The SMILES string of the molecule is COc1ccc(OC)c2c1C(C)CCC2N. The van der Waals surface area contributed by atoms with E-state index < -0.39 is 0 Å². The summed E-state index contributed by atoms with van der Waals surface area (Å²) in [5.74, 6) is 2.30. The fourth-order valence-electron chi connectivity index (χ4n) is 2.56. The highest BCUT2D eigenvalue weighted by Crippen LogP contribution is 2.45. The molecule has 0 fully saturated rings. The minimum atomic E-state index is 0.0660. The number of nitrogens with two attached hydrogens (primary N) is 1. The van der Waals surface area contributed by atoms with E-state index in [4.69, 9.17) is 15.2 Å². The van der Waals surface area contributed by atoms with Crippen LogP contribution >= 0.6 is 0 Å². The van der Waals surface area contributed by atoms with Crippen molar-refractivity contribution in [2.45, 2.75) is 31.7 Å². The summed E-state index contributed by atoms with van der Waals surface area (Å²) in [6.07, 6.45) is 2.12. The third kappa shape index (κ3) is 1.65. The van der Waals surface area contributed by atoms with Crippen LogP contribution in [0.5, 0.6) is 11.5 Å². The van der Waals surface area contributed by atoms with Crippen molar-refractivity contribution in [3.63, 3.8) is 0 Å². The Balaban J connectivity index is 2.63. The van der Waals surface area contributed by atoms with Crippen LogP contribution in [0.3, 0.4) is 0 Å². The summed E-state index contributed by atoms with van der Waals surface area (Å²) < 4.78 is 10.8. The fourth-order valence-corrected chi connectivity index (χ4v) is 2.56. The number of ether oxygens (including phenoxy) is 2. The molecule has 1 aromatic rings. The molecule has 0 spiro atoms.